The third kappa shape index (κ3) is 2.02. The highest BCUT2D eigenvalue weighted by atomic mass is 19.4. The summed E-state index contributed by atoms with van der Waals surface area (Å²) < 4.78 is 43.2. The second-order valence-corrected chi connectivity index (χ2v) is 8.54. The molecule has 1 spiro atoms. The van der Waals surface area contributed by atoms with E-state index in [1.165, 1.54) is 6.07 Å². The minimum absolute atomic E-state index is 0.0111. The number of piperidine rings is 1. The van der Waals surface area contributed by atoms with Gasteiger partial charge in [0.2, 0.25) is 0 Å². The van der Waals surface area contributed by atoms with Crippen LogP contribution in [0.5, 0.6) is 11.5 Å². The Morgan fingerprint density at radius 2 is 2.07 bits per heavy atom. The summed E-state index contributed by atoms with van der Waals surface area (Å²) in [5.74, 6) is -0.189. The molecule has 2 bridgehead atoms. The first-order valence-electron chi connectivity index (χ1n) is 9.43. The normalized spacial score (nSPS) is 40.8. The zero-order valence-corrected chi connectivity index (χ0v) is 15.0. The van der Waals surface area contributed by atoms with Crippen molar-refractivity contribution < 1.29 is 37.6 Å². The van der Waals surface area contributed by atoms with Crippen LogP contribution >= 0.6 is 0 Å². The van der Waals surface area contributed by atoms with E-state index in [-0.39, 0.29) is 49.5 Å². The topological polar surface area (TPSA) is 89.8 Å². The molecule has 2 fully saturated rings. The Labute approximate surface area is 158 Å². The van der Waals surface area contributed by atoms with Crippen LogP contribution in [0.25, 0.3) is 0 Å². The SMILES string of the molecule is O=C1CC[C@@]2(O)[C@H]3Cc4ccc(O)c5c4[C@@]2(CC[N+]3([O-])CCC(F)(F)F)[C@H]1O5. The maximum absolute atomic E-state index is 13.6. The fourth-order valence-corrected chi connectivity index (χ4v) is 6.17. The molecule has 152 valence electrons. The monoisotopic (exact) mass is 399 g/mol. The van der Waals surface area contributed by atoms with Gasteiger partial charge in [-0.15, -0.1) is 0 Å². The first kappa shape index (κ1) is 18.2. The highest BCUT2D eigenvalue weighted by Gasteiger charge is 2.76. The zero-order valence-electron chi connectivity index (χ0n) is 15.0. The predicted molar refractivity (Wildman–Crippen MR) is 89.5 cm³/mol. The maximum atomic E-state index is 13.6. The van der Waals surface area contributed by atoms with Crippen LogP contribution in [0.2, 0.25) is 0 Å². The van der Waals surface area contributed by atoms with Crippen LogP contribution in [0, 0.1) is 5.21 Å². The Morgan fingerprint density at radius 1 is 1.32 bits per heavy atom. The van der Waals surface area contributed by atoms with Crippen molar-refractivity contribution in [3.8, 4) is 11.5 Å². The molecule has 5 rings (SSSR count). The molecule has 28 heavy (non-hydrogen) atoms. The van der Waals surface area contributed by atoms with Gasteiger partial charge in [0, 0.05) is 24.8 Å². The first-order valence-corrected chi connectivity index (χ1v) is 9.43. The highest BCUT2D eigenvalue weighted by Crippen LogP contribution is 2.65. The number of benzene rings is 1. The molecule has 1 aromatic carbocycles. The van der Waals surface area contributed by atoms with E-state index in [1.807, 2.05) is 0 Å². The smallest absolute Gasteiger partial charge is 0.394 e. The molecule has 1 aromatic rings. The van der Waals surface area contributed by atoms with E-state index in [0.717, 1.165) is 0 Å². The molecular weight excluding hydrogens is 379 g/mol. The van der Waals surface area contributed by atoms with E-state index in [0.29, 0.717) is 11.1 Å². The van der Waals surface area contributed by atoms with Crippen LogP contribution in [-0.4, -0.2) is 57.7 Å². The Bertz CT molecular complexity index is 889. The average molecular weight is 399 g/mol. The standard InChI is InChI=1S/C19H20F3NO5/c20-19(21,22)6-8-23(27)7-5-17-14-10-1-2-11(24)15(14)28-16(17)12(25)3-4-18(17,26)13(23)9-10/h1-2,13,16,24,26H,3-9H2/t13-,16+,17+,18-,23?/m1/s1. The van der Waals surface area contributed by atoms with Gasteiger partial charge in [0.25, 0.3) is 0 Å². The van der Waals surface area contributed by atoms with Gasteiger partial charge in [-0.25, -0.2) is 0 Å². The number of phenols is 1. The number of Topliss-reactive ketones (excluding diaryl/α,β-unsaturated/α-hetero) is 1. The van der Waals surface area contributed by atoms with Crippen LogP contribution in [0.1, 0.15) is 36.8 Å². The fourth-order valence-electron chi connectivity index (χ4n) is 6.17. The molecular formula is C19H20F3NO5. The molecule has 0 radical (unpaired) electrons. The lowest BCUT2D eigenvalue weighted by molar-refractivity contribution is -0.923. The van der Waals surface area contributed by atoms with Gasteiger partial charge < -0.3 is 24.8 Å². The van der Waals surface area contributed by atoms with Crippen molar-refractivity contribution in [2.75, 3.05) is 13.1 Å². The summed E-state index contributed by atoms with van der Waals surface area (Å²) in [5, 5.41) is 35.6. The number of phenolic OH excluding ortho intramolecular Hbond substituents is 1. The lowest BCUT2D eigenvalue weighted by Crippen LogP contribution is -2.80. The summed E-state index contributed by atoms with van der Waals surface area (Å²) in [5.41, 5.74) is -1.61. The molecule has 2 heterocycles. The van der Waals surface area contributed by atoms with Crippen molar-refractivity contribution in [1.82, 2.24) is 0 Å². The lowest BCUT2D eigenvalue weighted by atomic mass is 9.49. The van der Waals surface area contributed by atoms with Gasteiger partial charge in [-0.1, -0.05) is 6.07 Å². The molecule has 1 unspecified atom stereocenters. The van der Waals surface area contributed by atoms with Crippen molar-refractivity contribution >= 4 is 5.78 Å². The summed E-state index contributed by atoms with van der Waals surface area (Å²) >= 11 is 0. The quantitative estimate of drug-likeness (QED) is 0.587. The number of ether oxygens (including phenoxy) is 1. The van der Waals surface area contributed by atoms with Gasteiger partial charge in [0.05, 0.1) is 24.9 Å². The Morgan fingerprint density at radius 3 is 2.79 bits per heavy atom. The van der Waals surface area contributed by atoms with Gasteiger partial charge in [0.1, 0.15) is 11.6 Å². The minimum Gasteiger partial charge on any atom is -0.633 e. The molecule has 0 amide bonds. The van der Waals surface area contributed by atoms with Crippen molar-refractivity contribution in [3.63, 3.8) is 0 Å². The minimum atomic E-state index is -4.46. The number of rotatable bonds is 2. The molecule has 5 atom stereocenters. The number of hydrogen-bond donors (Lipinski definition) is 2. The number of quaternary nitrogens is 1. The second-order valence-electron chi connectivity index (χ2n) is 8.54. The number of hydroxylamine groups is 3. The summed E-state index contributed by atoms with van der Waals surface area (Å²) in [6, 6.07) is 2.01. The van der Waals surface area contributed by atoms with E-state index < -0.39 is 47.0 Å². The number of hydrogen-bond acceptors (Lipinski definition) is 5. The number of halogens is 3. The van der Waals surface area contributed by atoms with E-state index in [1.54, 1.807) is 6.07 Å². The third-order valence-electron chi connectivity index (χ3n) is 7.36. The van der Waals surface area contributed by atoms with E-state index in [2.05, 4.69) is 0 Å². The third-order valence-corrected chi connectivity index (χ3v) is 7.36. The molecule has 6 nitrogen and oxygen atoms in total. The Balaban J connectivity index is 1.68. The van der Waals surface area contributed by atoms with Gasteiger partial charge in [-0.2, -0.15) is 13.2 Å². The van der Waals surface area contributed by atoms with Gasteiger partial charge in [-0.3, -0.25) is 4.79 Å². The number of carbonyl (C=O) groups excluding carboxylic acids is 1. The van der Waals surface area contributed by atoms with Crippen LogP contribution in [0.4, 0.5) is 13.2 Å². The van der Waals surface area contributed by atoms with Crippen LogP contribution in [-0.2, 0) is 16.6 Å². The lowest BCUT2D eigenvalue weighted by Gasteiger charge is -2.67. The predicted octanol–water partition coefficient (Wildman–Crippen LogP) is 2.08. The molecule has 2 N–H and O–H groups in total. The van der Waals surface area contributed by atoms with Crippen LogP contribution in [0.15, 0.2) is 12.1 Å². The summed E-state index contributed by atoms with van der Waals surface area (Å²) in [7, 11) is 0. The van der Waals surface area contributed by atoms with E-state index in [9.17, 15) is 33.4 Å². The molecule has 2 aliphatic carbocycles. The van der Waals surface area contributed by atoms with Gasteiger partial charge in [-0.05, 0) is 18.1 Å². The molecule has 4 aliphatic rings. The molecule has 1 saturated carbocycles. The fraction of sp³-hybridized carbons (Fsp3) is 0.632. The van der Waals surface area contributed by atoms with Crippen molar-refractivity contribution in [1.29, 1.82) is 0 Å². The van der Waals surface area contributed by atoms with Crippen LogP contribution < -0.4 is 4.74 Å². The Kier molecular flexibility index (Phi) is 3.38. The summed E-state index contributed by atoms with van der Waals surface area (Å²) in [6.07, 6.45) is -6.56. The number of nitrogens with zero attached hydrogens (tertiary/aromatic N) is 1. The largest absolute Gasteiger partial charge is 0.633 e. The Hall–Kier alpha value is -1.84. The van der Waals surface area contributed by atoms with Crippen LogP contribution in [0.3, 0.4) is 0 Å². The first-order chi connectivity index (χ1) is 13.0. The number of aliphatic hydroxyl groups is 1. The number of likely N-dealkylation sites (tertiary alicyclic amines) is 1. The van der Waals surface area contributed by atoms with Gasteiger partial charge >= 0.3 is 6.18 Å². The second kappa shape index (κ2) is 5.20. The van der Waals surface area contributed by atoms with E-state index in [4.69, 9.17) is 4.74 Å². The number of aromatic hydroxyl groups is 1. The number of ketones is 1. The molecule has 1 saturated heterocycles. The molecule has 2 aliphatic heterocycles. The number of alkyl halides is 3. The summed E-state index contributed by atoms with van der Waals surface area (Å²) in [6.45, 7) is -0.795. The van der Waals surface area contributed by atoms with Crippen molar-refractivity contribution in [3.05, 3.63) is 28.5 Å². The van der Waals surface area contributed by atoms with E-state index >= 15 is 0 Å². The van der Waals surface area contributed by atoms with Gasteiger partial charge in [0.15, 0.2) is 23.4 Å². The summed E-state index contributed by atoms with van der Waals surface area (Å²) in [4.78, 5) is 12.6. The number of carbonyl (C=O) groups is 1. The highest BCUT2D eigenvalue weighted by molar-refractivity contribution is 5.90. The van der Waals surface area contributed by atoms with Crippen molar-refractivity contribution in [2.45, 2.75) is 61.4 Å². The van der Waals surface area contributed by atoms with Crippen molar-refractivity contribution in [2.24, 2.45) is 0 Å². The average Bonchev–Trinajstić information content (AvgIpc) is 2.98. The molecule has 9 heteroatoms. The molecule has 0 aromatic heterocycles. The zero-order chi connectivity index (χ0) is 20.1. The maximum Gasteiger partial charge on any atom is 0.394 e.